The van der Waals surface area contributed by atoms with E-state index >= 15 is 0 Å². The van der Waals surface area contributed by atoms with Crippen LogP contribution in [-0.4, -0.2) is 43.3 Å². The maximum Gasteiger partial charge on any atom is 0.418 e. The lowest BCUT2D eigenvalue weighted by atomic mass is 10.1. The Labute approximate surface area is 249 Å². The van der Waals surface area contributed by atoms with Gasteiger partial charge in [0.25, 0.3) is 11.8 Å². The summed E-state index contributed by atoms with van der Waals surface area (Å²) < 4.78 is 42.7. The van der Waals surface area contributed by atoms with Crippen LogP contribution in [0.25, 0.3) is 11.4 Å². The van der Waals surface area contributed by atoms with Crippen LogP contribution in [0.5, 0.6) is 0 Å². The molecule has 2 aromatic heterocycles. The first-order chi connectivity index (χ1) is 21.0. The number of carbonyl (C=O) groups is 2. The average molecular weight is 607 g/mol. The van der Waals surface area contributed by atoms with E-state index in [-0.39, 0.29) is 29.0 Å². The number of para-hydroxylation sites is 2. The number of nitrogens with zero attached hydrogens (tertiary/aromatic N) is 4. The molecule has 0 atom stereocenters. The Morgan fingerprint density at radius 3 is 1.68 bits per heavy atom. The molecule has 12 nitrogen and oxygen atoms in total. The van der Waals surface area contributed by atoms with Gasteiger partial charge in [-0.3, -0.25) is 31.0 Å². The largest absolute Gasteiger partial charge is 0.418 e. The number of guanidine groups is 2. The van der Waals surface area contributed by atoms with Crippen LogP contribution in [0.1, 0.15) is 75.2 Å². The van der Waals surface area contributed by atoms with E-state index in [1.165, 1.54) is 24.4 Å². The zero-order valence-electron chi connectivity index (χ0n) is 23.2. The van der Waals surface area contributed by atoms with E-state index in [0.717, 1.165) is 47.8 Å². The summed E-state index contributed by atoms with van der Waals surface area (Å²) in [6.07, 6.45) is 1.85. The summed E-state index contributed by atoms with van der Waals surface area (Å²) in [6.45, 7) is 0. The van der Waals surface area contributed by atoms with Gasteiger partial charge in [0.15, 0.2) is 11.9 Å². The monoisotopic (exact) mass is 606 g/mol. The lowest BCUT2D eigenvalue weighted by Crippen LogP contribution is -2.36. The number of hydrogen-bond acceptors (Lipinski definition) is 6. The number of carbonyl (C=O) groups excluding carboxylic acids is 2. The number of benzene rings is 2. The van der Waals surface area contributed by atoms with Crippen LogP contribution in [0.4, 0.5) is 13.2 Å². The van der Waals surface area contributed by atoms with Gasteiger partial charge in [-0.25, -0.2) is 9.36 Å². The number of aromatic nitrogens is 4. The molecule has 0 bridgehead atoms. The number of alkyl halides is 3. The molecule has 2 aliphatic carbocycles. The number of nitrogens with one attached hydrogen (secondary N) is 4. The Morgan fingerprint density at radius 1 is 0.750 bits per heavy atom. The Kier molecular flexibility index (Phi) is 8.20. The number of rotatable bonds is 6. The maximum absolute atomic E-state index is 13.3. The van der Waals surface area contributed by atoms with Crippen LogP contribution >= 0.6 is 0 Å². The molecule has 8 N–H and O–H groups in total. The number of halogens is 3. The van der Waals surface area contributed by atoms with Crippen LogP contribution in [0, 0.1) is 10.8 Å². The summed E-state index contributed by atoms with van der Waals surface area (Å²) >= 11 is 0. The van der Waals surface area contributed by atoms with E-state index < -0.39 is 23.6 Å². The zero-order chi connectivity index (χ0) is 31.6. The topological polar surface area (TPSA) is 194 Å². The molecule has 6 rings (SSSR count). The summed E-state index contributed by atoms with van der Waals surface area (Å²) in [5.74, 6) is -1.61. The third kappa shape index (κ3) is 6.61. The highest BCUT2D eigenvalue weighted by Gasteiger charge is 2.38. The fourth-order valence-corrected chi connectivity index (χ4v) is 4.81. The van der Waals surface area contributed by atoms with Crippen molar-refractivity contribution in [2.45, 2.75) is 43.7 Å². The zero-order valence-corrected chi connectivity index (χ0v) is 23.2. The lowest BCUT2D eigenvalue weighted by molar-refractivity contribution is -0.137. The van der Waals surface area contributed by atoms with Crippen molar-refractivity contribution >= 4 is 23.7 Å². The highest BCUT2D eigenvalue weighted by Crippen LogP contribution is 2.44. The highest BCUT2D eigenvalue weighted by molar-refractivity contribution is 6.05. The Bertz CT molecular complexity index is 1720. The van der Waals surface area contributed by atoms with Gasteiger partial charge < -0.3 is 11.5 Å². The first-order valence-corrected chi connectivity index (χ1v) is 13.6. The Hall–Kier alpha value is -5.47. The van der Waals surface area contributed by atoms with Crippen molar-refractivity contribution in [1.82, 2.24) is 30.2 Å². The Morgan fingerprint density at radius 2 is 1.20 bits per heavy atom. The quantitative estimate of drug-likeness (QED) is 0.143. The van der Waals surface area contributed by atoms with Gasteiger partial charge in [0.1, 0.15) is 0 Å². The van der Waals surface area contributed by atoms with Crippen LogP contribution in [0.2, 0.25) is 0 Å². The second-order valence-corrected chi connectivity index (χ2v) is 10.3. The second kappa shape index (κ2) is 12.0. The van der Waals surface area contributed by atoms with Crippen LogP contribution < -0.4 is 22.1 Å². The second-order valence-electron chi connectivity index (χ2n) is 10.3. The van der Waals surface area contributed by atoms with Crippen molar-refractivity contribution < 1.29 is 22.8 Å². The minimum Gasteiger partial charge on any atom is -0.370 e. The molecule has 2 fully saturated rings. The normalized spacial score (nSPS) is 14.2. The third-order valence-corrected chi connectivity index (χ3v) is 6.97. The van der Waals surface area contributed by atoms with Gasteiger partial charge in [-0.15, -0.1) is 0 Å². The fraction of sp³-hybridized carbons (Fsp3) is 0.241. The number of hydrogen-bond donors (Lipinski definition) is 6. The minimum absolute atomic E-state index is 0.0403. The van der Waals surface area contributed by atoms with Crippen molar-refractivity contribution in [1.29, 1.82) is 10.8 Å². The molecule has 0 saturated heterocycles. The van der Waals surface area contributed by atoms with Crippen LogP contribution in [-0.2, 0) is 6.18 Å². The van der Waals surface area contributed by atoms with Crippen molar-refractivity contribution in [3.8, 4) is 11.4 Å². The lowest BCUT2D eigenvalue weighted by Gasteiger charge is -2.15. The third-order valence-electron chi connectivity index (χ3n) is 6.97. The predicted octanol–water partition coefficient (Wildman–Crippen LogP) is 3.76. The SMILES string of the molecule is N=C(N)NC(=O)c1cnn(-c2ccccc2)c1C1CC1.N=C(N)NC(=O)c1cnn(-c2ccccc2C(F)(F)F)c1C1CC1. The average Bonchev–Trinajstić information content (AvgIpc) is 3.91. The first-order valence-electron chi connectivity index (χ1n) is 13.6. The molecule has 0 unspecified atom stereocenters. The molecule has 2 saturated carbocycles. The standard InChI is InChI=1S/C15H14F3N5O.C14H15N5O/c16-15(17,18)10-3-1-2-4-11(10)23-12(8-5-6-8)9(7-21-23)13(24)22-14(19)20;15-14(16)18-13(20)11-8-17-19(12(11)9-6-7-9)10-4-2-1-3-5-10/h1-4,7-8H,5-6H2,(H4,19,20,22,24);1-5,8-9H,6-7H2,(H4,15,16,18,20). The molecular weight excluding hydrogens is 577 g/mol. The molecule has 228 valence electrons. The van der Waals surface area contributed by atoms with Crippen LogP contribution in [0.15, 0.2) is 67.0 Å². The van der Waals surface area contributed by atoms with Crippen molar-refractivity contribution in [2.24, 2.45) is 11.5 Å². The molecule has 15 heteroatoms. The smallest absolute Gasteiger partial charge is 0.370 e. The minimum atomic E-state index is -4.54. The van der Waals surface area contributed by atoms with Crippen LogP contribution in [0.3, 0.4) is 0 Å². The number of amides is 2. The molecule has 44 heavy (non-hydrogen) atoms. The van der Waals surface area contributed by atoms with Crippen molar-refractivity contribution in [3.63, 3.8) is 0 Å². The molecule has 0 radical (unpaired) electrons. The van der Waals surface area contributed by atoms with Gasteiger partial charge >= 0.3 is 6.18 Å². The summed E-state index contributed by atoms with van der Waals surface area (Å²) in [5.41, 5.74) is 12.3. The van der Waals surface area contributed by atoms with E-state index in [1.54, 1.807) is 10.9 Å². The van der Waals surface area contributed by atoms with E-state index in [2.05, 4.69) is 20.8 Å². The van der Waals surface area contributed by atoms with Crippen molar-refractivity contribution in [2.75, 3.05) is 0 Å². The van der Waals surface area contributed by atoms with Gasteiger partial charge in [-0.2, -0.15) is 23.4 Å². The Balaban J connectivity index is 0.000000177. The molecule has 2 heterocycles. The van der Waals surface area contributed by atoms with Gasteiger partial charge in [-0.1, -0.05) is 30.3 Å². The summed E-state index contributed by atoms with van der Waals surface area (Å²) in [6, 6.07) is 14.8. The molecule has 2 amide bonds. The molecule has 0 spiro atoms. The molecular formula is C29H29F3N10O2. The molecule has 2 aromatic carbocycles. The van der Waals surface area contributed by atoms with Gasteiger partial charge in [-0.05, 0) is 49.9 Å². The molecule has 4 aromatic rings. The highest BCUT2D eigenvalue weighted by atomic mass is 19.4. The molecule has 2 aliphatic rings. The molecule has 0 aliphatic heterocycles. The van der Waals surface area contributed by atoms with E-state index in [0.29, 0.717) is 17.2 Å². The first kappa shape index (κ1) is 30.0. The summed E-state index contributed by atoms with van der Waals surface area (Å²) in [7, 11) is 0. The summed E-state index contributed by atoms with van der Waals surface area (Å²) in [4.78, 5) is 24.2. The van der Waals surface area contributed by atoms with E-state index in [1.807, 2.05) is 30.3 Å². The van der Waals surface area contributed by atoms with Crippen molar-refractivity contribution in [3.05, 3.63) is 95.1 Å². The fourth-order valence-electron chi connectivity index (χ4n) is 4.81. The predicted molar refractivity (Wildman–Crippen MR) is 155 cm³/mol. The van der Waals surface area contributed by atoms with E-state index in [9.17, 15) is 22.8 Å². The van der Waals surface area contributed by atoms with Gasteiger partial charge in [0.2, 0.25) is 0 Å². The van der Waals surface area contributed by atoms with Gasteiger partial charge in [0, 0.05) is 11.8 Å². The van der Waals surface area contributed by atoms with Gasteiger partial charge in [0.05, 0.1) is 51.8 Å². The van der Waals surface area contributed by atoms with E-state index in [4.69, 9.17) is 22.3 Å². The summed E-state index contributed by atoms with van der Waals surface area (Å²) in [5, 5.41) is 27.1. The maximum atomic E-state index is 13.3. The number of nitrogens with two attached hydrogens (primary N) is 2.